The maximum Gasteiger partial charge on any atom is 0.424 e. The van der Waals surface area contributed by atoms with E-state index in [0.29, 0.717) is 11.1 Å². The number of rotatable bonds is 3. The molecule has 0 aliphatic rings. The third-order valence-corrected chi connectivity index (χ3v) is 3.82. The highest BCUT2D eigenvalue weighted by molar-refractivity contribution is 6.09. The molecule has 8 heteroatoms. The van der Waals surface area contributed by atoms with Crippen molar-refractivity contribution in [2.24, 2.45) is 0 Å². The highest BCUT2D eigenvalue weighted by atomic mass is 16.6. The number of hydrogen-bond donors (Lipinski definition) is 2. The number of carbonyl (C=O) groups excluding carboxylic acids is 2. The van der Waals surface area contributed by atoms with Crippen molar-refractivity contribution in [1.82, 2.24) is 0 Å². The molecule has 0 saturated carbocycles. The van der Waals surface area contributed by atoms with Crippen LogP contribution >= 0.6 is 0 Å². The zero-order valence-electron chi connectivity index (χ0n) is 18.4. The molecule has 0 aliphatic carbocycles. The van der Waals surface area contributed by atoms with Crippen LogP contribution in [0.4, 0.5) is 15.3 Å². The molecule has 31 heavy (non-hydrogen) atoms. The molecule has 2 aromatic carbocycles. The maximum absolute atomic E-state index is 12.8. The fraction of sp³-hybridized carbons (Fsp3) is 0.348. The molecule has 0 aromatic heterocycles. The van der Waals surface area contributed by atoms with E-state index in [2.05, 4.69) is 0 Å². The number of phenols is 1. The van der Waals surface area contributed by atoms with Crippen molar-refractivity contribution < 1.29 is 34.1 Å². The Morgan fingerprint density at radius 2 is 1.32 bits per heavy atom. The van der Waals surface area contributed by atoms with Gasteiger partial charge in [-0.25, -0.2) is 14.4 Å². The van der Waals surface area contributed by atoms with Gasteiger partial charge in [0.25, 0.3) is 0 Å². The van der Waals surface area contributed by atoms with Crippen LogP contribution in [-0.2, 0) is 9.47 Å². The minimum absolute atomic E-state index is 0.186. The van der Waals surface area contributed by atoms with Crippen LogP contribution in [-0.4, -0.2) is 39.6 Å². The molecule has 8 nitrogen and oxygen atoms in total. The number of benzene rings is 2. The zero-order chi connectivity index (χ0) is 23.6. The molecule has 2 rings (SSSR count). The minimum Gasteiger partial charge on any atom is -0.507 e. The van der Waals surface area contributed by atoms with Crippen molar-refractivity contribution in [2.45, 2.75) is 52.7 Å². The predicted octanol–water partition coefficient (Wildman–Crippen LogP) is 5.43. The van der Waals surface area contributed by atoms with Gasteiger partial charge >= 0.3 is 18.2 Å². The van der Waals surface area contributed by atoms with Gasteiger partial charge < -0.3 is 19.7 Å². The van der Waals surface area contributed by atoms with Crippen LogP contribution in [0.3, 0.4) is 0 Å². The summed E-state index contributed by atoms with van der Waals surface area (Å²) < 4.78 is 10.8. The summed E-state index contributed by atoms with van der Waals surface area (Å²) in [7, 11) is 0. The summed E-state index contributed by atoms with van der Waals surface area (Å²) in [6.45, 7) is 10.1. The third-order valence-electron chi connectivity index (χ3n) is 3.82. The molecule has 0 saturated heterocycles. The molecule has 0 heterocycles. The maximum atomic E-state index is 12.8. The molecule has 0 atom stereocenters. The second-order valence-electron chi connectivity index (χ2n) is 8.88. The van der Waals surface area contributed by atoms with E-state index in [-0.39, 0.29) is 17.0 Å². The minimum atomic E-state index is -1.28. The normalized spacial score (nSPS) is 11.5. The highest BCUT2D eigenvalue weighted by Gasteiger charge is 2.32. The largest absolute Gasteiger partial charge is 0.507 e. The van der Waals surface area contributed by atoms with Crippen LogP contribution in [0.15, 0.2) is 42.5 Å². The van der Waals surface area contributed by atoms with E-state index >= 15 is 0 Å². The molecule has 0 fully saturated rings. The van der Waals surface area contributed by atoms with E-state index in [1.165, 1.54) is 30.3 Å². The molecule has 0 radical (unpaired) electrons. The number of nitrogens with zero attached hydrogens (tertiary/aromatic N) is 1. The van der Waals surface area contributed by atoms with Crippen LogP contribution < -0.4 is 4.90 Å². The molecular formula is C23H27NO7. The average Bonchev–Trinajstić information content (AvgIpc) is 2.59. The molecule has 0 bridgehead atoms. The summed E-state index contributed by atoms with van der Waals surface area (Å²) in [4.78, 5) is 37.8. The van der Waals surface area contributed by atoms with Crippen LogP contribution in [0.2, 0.25) is 0 Å². The number of aromatic carboxylic acids is 1. The number of aromatic hydroxyl groups is 1. The van der Waals surface area contributed by atoms with Crippen molar-refractivity contribution >= 4 is 23.8 Å². The van der Waals surface area contributed by atoms with Gasteiger partial charge in [0.15, 0.2) is 0 Å². The highest BCUT2D eigenvalue weighted by Crippen LogP contribution is 2.30. The lowest BCUT2D eigenvalue weighted by Gasteiger charge is -2.28. The lowest BCUT2D eigenvalue weighted by atomic mass is 10.0. The average molecular weight is 429 g/mol. The summed E-state index contributed by atoms with van der Waals surface area (Å²) >= 11 is 0. The Morgan fingerprint density at radius 1 is 0.806 bits per heavy atom. The fourth-order valence-corrected chi connectivity index (χ4v) is 2.61. The van der Waals surface area contributed by atoms with Gasteiger partial charge in [-0.1, -0.05) is 18.2 Å². The number of ether oxygens (including phenoxy) is 2. The van der Waals surface area contributed by atoms with Crippen molar-refractivity contribution in [3.8, 4) is 16.9 Å². The number of anilines is 1. The van der Waals surface area contributed by atoms with Gasteiger partial charge in [0.1, 0.15) is 22.5 Å². The molecule has 2 amide bonds. The molecule has 2 aromatic rings. The quantitative estimate of drug-likeness (QED) is 0.668. The van der Waals surface area contributed by atoms with Crippen molar-refractivity contribution in [2.75, 3.05) is 4.90 Å². The van der Waals surface area contributed by atoms with E-state index in [4.69, 9.17) is 9.47 Å². The smallest absolute Gasteiger partial charge is 0.424 e. The number of amides is 2. The number of imide groups is 1. The second-order valence-corrected chi connectivity index (χ2v) is 8.88. The first-order chi connectivity index (χ1) is 14.2. The summed E-state index contributed by atoms with van der Waals surface area (Å²) in [5.74, 6) is -1.64. The number of hydrogen-bond acceptors (Lipinski definition) is 6. The molecule has 166 valence electrons. The third kappa shape index (κ3) is 6.47. The van der Waals surface area contributed by atoms with Crippen molar-refractivity contribution in [3.63, 3.8) is 0 Å². The van der Waals surface area contributed by atoms with E-state index in [0.717, 1.165) is 4.90 Å². The molecular weight excluding hydrogens is 402 g/mol. The van der Waals surface area contributed by atoms with Gasteiger partial charge in [0.05, 0.1) is 5.69 Å². The van der Waals surface area contributed by atoms with E-state index in [1.54, 1.807) is 53.7 Å². The topological polar surface area (TPSA) is 113 Å². The van der Waals surface area contributed by atoms with E-state index in [1.807, 2.05) is 0 Å². The first kappa shape index (κ1) is 23.7. The Morgan fingerprint density at radius 3 is 1.81 bits per heavy atom. The van der Waals surface area contributed by atoms with Gasteiger partial charge in [-0.2, -0.15) is 4.90 Å². The Labute approximate surface area is 181 Å². The lowest BCUT2D eigenvalue weighted by Crippen LogP contribution is -2.43. The Kier molecular flexibility index (Phi) is 6.64. The van der Waals surface area contributed by atoms with Gasteiger partial charge in [-0.15, -0.1) is 0 Å². The SMILES string of the molecule is CC(C)(C)OC(=O)N(C(=O)OC(C)(C)C)c1cccc(-c2ccc(O)c(C(=O)O)c2)c1. The van der Waals surface area contributed by atoms with Gasteiger partial charge in [0, 0.05) is 0 Å². The fourth-order valence-electron chi connectivity index (χ4n) is 2.61. The van der Waals surface area contributed by atoms with Crippen molar-refractivity contribution in [3.05, 3.63) is 48.0 Å². The zero-order valence-corrected chi connectivity index (χ0v) is 18.4. The second kappa shape index (κ2) is 8.67. The lowest BCUT2D eigenvalue weighted by molar-refractivity contribution is 0.0430. The van der Waals surface area contributed by atoms with Crippen LogP contribution in [0, 0.1) is 0 Å². The van der Waals surface area contributed by atoms with E-state index < -0.39 is 29.4 Å². The first-order valence-electron chi connectivity index (χ1n) is 9.61. The summed E-state index contributed by atoms with van der Waals surface area (Å²) in [6.07, 6.45) is -1.81. The first-order valence-corrected chi connectivity index (χ1v) is 9.61. The van der Waals surface area contributed by atoms with Gasteiger partial charge in [0.2, 0.25) is 0 Å². The Balaban J connectivity index is 2.53. The van der Waals surface area contributed by atoms with Crippen LogP contribution in [0.25, 0.3) is 11.1 Å². The summed E-state index contributed by atoms with van der Waals surface area (Å²) in [5, 5.41) is 19.0. The molecule has 2 N–H and O–H groups in total. The van der Waals surface area contributed by atoms with Crippen molar-refractivity contribution in [1.29, 1.82) is 0 Å². The standard InChI is InChI=1S/C23H27NO7/c1-22(2,3)30-20(28)24(21(29)31-23(4,5)6)16-9-7-8-14(12-16)15-10-11-18(25)17(13-15)19(26)27/h7-13,25H,1-6H3,(H,26,27). The molecule has 0 aliphatic heterocycles. The number of carboxylic acids is 1. The van der Waals surface area contributed by atoms with Gasteiger partial charge in [-0.3, -0.25) is 0 Å². The van der Waals surface area contributed by atoms with E-state index in [9.17, 15) is 24.6 Å². The van der Waals surface area contributed by atoms with Crippen LogP contribution in [0.5, 0.6) is 5.75 Å². The summed E-state index contributed by atoms with van der Waals surface area (Å²) in [6, 6.07) is 10.5. The predicted molar refractivity (Wildman–Crippen MR) is 115 cm³/mol. The Hall–Kier alpha value is -3.55. The number of carboxylic acid groups (broad SMARTS) is 1. The number of carbonyl (C=O) groups is 3. The summed E-state index contributed by atoms with van der Waals surface area (Å²) in [5.41, 5.74) is -0.766. The Bertz CT molecular complexity index is 972. The molecule has 0 spiro atoms. The monoisotopic (exact) mass is 429 g/mol. The molecule has 0 unspecified atom stereocenters. The van der Waals surface area contributed by atoms with Gasteiger partial charge in [-0.05, 0) is 76.9 Å². The van der Waals surface area contributed by atoms with Crippen LogP contribution in [0.1, 0.15) is 51.9 Å².